The van der Waals surface area contributed by atoms with E-state index >= 15 is 0 Å². The highest BCUT2D eigenvalue weighted by atomic mass is 16.5. The van der Waals surface area contributed by atoms with Crippen LogP contribution >= 0.6 is 0 Å². The Morgan fingerprint density at radius 3 is 2.50 bits per heavy atom. The van der Waals surface area contributed by atoms with E-state index in [4.69, 9.17) is 9.47 Å². The van der Waals surface area contributed by atoms with Gasteiger partial charge in [-0.2, -0.15) is 0 Å². The fourth-order valence-electron chi connectivity index (χ4n) is 1.30. The van der Waals surface area contributed by atoms with Crippen LogP contribution in [0.5, 0.6) is 0 Å². The second kappa shape index (κ2) is 12.0. The predicted octanol–water partition coefficient (Wildman–Crippen LogP) is 3.77. The highest BCUT2D eigenvalue weighted by molar-refractivity contribution is 5.91. The molecule has 0 spiro atoms. The molecule has 102 valence electrons. The molecule has 0 rings (SSSR count). The van der Waals surface area contributed by atoms with Crippen LogP contribution in [0.1, 0.15) is 39.5 Å². The number of hydrogen-bond acceptors (Lipinski definition) is 3. The third kappa shape index (κ3) is 8.62. The largest absolute Gasteiger partial charge is 0.502 e. The van der Waals surface area contributed by atoms with Gasteiger partial charge in [0.25, 0.3) is 0 Å². The SMILES string of the molecule is C=COCCCCOC(=O)C(/C=C\CC)=C/CC. The van der Waals surface area contributed by atoms with E-state index in [0.717, 1.165) is 25.7 Å². The van der Waals surface area contributed by atoms with Gasteiger partial charge < -0.3 is 9.47 Å². The molecule has 3 heteroatoms. The molecule has 0 radical (unpaired) electrons. The third-order valence-corrected chi connectivity index (χ3v) is 2.20. The van der Waals surface area contributed by atoms with Crippen molar-refractivity contribution in [2.75, 3.05) is 13.2 Å². The minimum Gasteiger partial charge on any atom is -0.502 e. The molecule has 0 N–H and O–H groups in total. The first-order valence-corrected chi connectivity index (χ1v) is 6.52. The van der Waals surface area contributed by atoms with Crippen LogP contribution in [0.4, 0.5) is 0 Å². The Balaban J connectivity index is 3.93. The van der Waals surface area contributed by atoms with E-state index in [-0.39, 0.29) is 5.97 Å². The van der Waals surface area contributed by atoms with Gasteiger partial charge in [0.2, 0.25) is 0 Å². The molecule has 0 aromatic heterocycles. The number of rotatable bonds is 10. The lowest BCUT2D eigenvalue weighted by molar-refractivity contribution is -0.138. The van der Waals surface area contributed by atoms with Crippen LogP contribution in [0.25, 0.3) is 0 Å². The standard InChI is InChI=1S/C15H24O3/c1-4-7-11-14(10-5-2)15(16)18-13-9-8-12-17-6-3/h6-7,10-11H,3-5,8-9,12-13H2,1-2H3/b11-7-,14-10+. The summed E-state index contributed by atoms with van der Waals surface area (Å²) in [6.07, 6.45) is 10.5. The average molecular weight is 252 g/mol. The van der Waals surface area contributed by atoms with Crippen molar-refractivity contribution in [3.63, 3.8) is 0 Å². The number of ether oxygens (including phenoxy) is 2. The molecule has 18 heavy (non-hydrogen) atoms. The molecule has 0 heterocycles. The molecule has 0 aromatic carbocycles. The summed E-state index contributed by atoms with van der Waals surface area (Å²) in [6, 6.07) is 0. The fourth-order valence-corrected chi connectivity index (χ4v) is 1.30. The molecule has 3 nitrogen and oxygen atoms in total. The number of carbonyl (C=O) groups excluding carboxylic acids is 1. The van der Waals surface area contributed by atoms with Crippen LogP contribution < -0.4 is 0 Å². The predicted molar refractivity (Wildman–Crippen MR) is 74.1 cm³/mol. The van der Waals surface area contributed by atoms with Crippen molar-refractivity contribution in [1.82, 2.24) is 0 Å². The molecule has 0 saturated heterocycles. The Labute approximate surface area is 110 Å². The second-order valence-corrected chi connectivity index (χ2v) is 3.76. The first-order chi connectivity index (χ1) is 8.76. The molecule has 0 amide bonds. The normalized spacial score (nSPS) is 11.6. The van der Waals surface area contributed by atoms with E-state index < -0.39 is 0 Å². The zero-order chi connectivity index (χ0) is 13.6. The Hall–Kier alpha value is -1.51. The molecule has 0 unspecified atom stereocenters. The minimum atomic E-state index is -0.244. The summed E-state index contributed by atoms with van der Waals surface area (Å²) in [6.45, 7) is 8.54. The van der Waals surface area contributed by atoms with Crippen molar-refractivity contribution in [2.24, 2.45) is 0 Å². The Bertz CT molecular complexity index is 290. The molecule has 0 aromatic rings. The van der Waals surface area contributed by atoms with Crippen molar-refractivity contribution >= 4 is 5.97 Å². The van der Waals surface area contributed by atoms with Crippen LogP contribution in [-0.2, 0) is 14.3 Å². The minimum absolute atomic E-state index is 0.244. The smallest absolute Gasteiger partial charge is 0.337 e. The van der Waals surface area contributed by atoms with Gasteiger partial charge in [0.15, 0.2) is 0 Å². The number of unbranched alkanes of at least 4 members (excludes halogenated alkanes) is 1. The van der Waals surface area contributed by atoms with Crippen LogP contribution in [0, 0.1) is 0 Å². The van der Waals surface area contributed by atoms with Gasteiger partial charge in [0.05, 0.1) is 25.0 Å². The highest BCUT2D eigenvalue weighted by Gasteiger charge is 2.06. The topological polar surface area (TPSA) is 35.5 Å². The van der Waals surface area contributed by atoms with E-state index in [2.05, 4.69) is 6.58 Å². The van der Waals surface area contributed by atoms with E-state index in [1.165, 1.54) is 6.26 Å². The average Bonchev–Trinajstić information content (AvgIpc) is 2.38. The lowest BCUT2D eigenvalue weighted by atomic mass is 10.2. The number of hydrogen-bond donors (Lipinski definition) is 0. The molecule has 0 aliphatic carbocycles. The van der Waals surface area contributed by atoms with Gasteiger partial charge in [-0.15, -0.1) is 0 Å². The monoisotopic (exact) mass is 252 g/mol. The lowest BCUT2D eigenvalue weighted by Gasteiger charge is -2.05. The Kier molecular flexibility index (Phi) is 11.0. The molecule has 0 fully saturated rings. The summed E-state index contributed by atoms with van der Waals surface area (Å²) < 4.78 is 10.2. The number of esters is 1. The summed E-state index contributed by atoms with van der Waals surface area (Å²) in [5.41, 5.74) is 0.640. The van der Waals surface area contributed by atoms with Gasteiger partial charge in [0, 0.05) is 0 Å². The molecule has 0 atom stereocenters. The molecular weight excluding hydrogens is 228 g/mol. The lowest BCUT2D eigenvalue weighted by Crippen LogP contribution is -2.08. The molecule has 0 bridgehead atoms. The zero-order valence-corrected chi connectivity index (χ0v) is 11.5. The van der Waals surface area contributed by atoms with Crippen molar-refractivity contribution in [2.45, 2.75) is 39.5 Å². The van der Waals surface area contributed by atoms with Crippen molar-refractivity contribution in [1.29, 1.82) is 0 Å². The summed E-state index contributed by atoms with van der Waals surface area (Å²) in [4.78, 5) is 11.7. The third-order valence-electron chi connectivity index (χ3n) is 2.20. The molecular formula is C15H24O3. The molecule has 0 aliphatic rings. The number of carbonyl (C=O) groups is 1. The molecule has 0 aliphatic heterocycles. The van der Waals surface area contributed by atoms with Gasteiger partial charge in [-0.05, 0) is 25.7 Å². The van der Waals surface area contributed by atoms with E-state index in [1.54, 1.807) is 0 Å². The quantitative estimate of drug-likeness (QED) is 0.195. The van der Waals surface area contributed by atoms with Crippen molar-refractivity contribution < 1.29 is 14.3 Å². The number of allylic oxidation sites excluding steroid dienone is 2. The van der Waals surface area contributed by atoms with Gasteiger partial charge in [-0.25, -0.2) is 4.79 Å². The van der Waals surface area contributed by atoms with Gasteiger partial charge in [-0.3, -0.25) is 0 Å². The Morgan fingerprint density at radius 2 is 1.89 bits per heavy atom. The van der Waals surface area contributed by atoms with Gasteiger partial charge >= 0.3 is 5.97 Å². The Morgan fingerprint density at radius 1 is 1.17 bits per heavy atom. The highest BCUT2D eigenvalue weighted by Crippen LogP contribution is 2.04. The van der Waals surface area contributed by atoms with E-state index in [9.17, 15) is 4.79 Å². The summed E-state index contributed by atoms with van der Waals surface area (Å²) in [5, 5.41) is 0. The summed E-state index contributed by atoms with van der Waals surface area (Å²) >= 11 is 0. The second-order valence-electron chi connectivity index (χ2n) is 3.76. The first-order valence-electron chi connectivity index (χ1n) is 6.52. The summed E-state index contributed by atoms with van der Waals surface area (Å²) in [5.74, 6) is -0.244. The maximum absolute atomic E-state index is 11.7. The zero-order valence-electron chi connectivity index (χ0n) is 11.5. The fraction of sp³-hybridized carbons (Fsp3) is 0.533. The van der Waals surface area contributed by atoms with Crippen LogP contribution in [-0.4, -0.2) is 19.2 Å². The molecule has 0 saturated carbocycles. The maximum Gasteiger partial charge on any atom is 0.337 e. The van der Waals surface area contributed by atoms with Crippen LogP contribution in [0.3, 0.4) is 0 Å². The summed E-state index contributed by atoms with van der Waals surface area (Å²) in [7, 11) is 0. The van der Waals surface area contributed by atoms with E-state index in [0.29, 0.717) is 18.8 Å². The van der Waals surface area contributed by atoms with Crippen LogP contribution in [0.2, 0.25) is 0 Å². The van der Waals surface area contributed by atoms with E-state index in [1.807, 2.05) is 32.1 Å². The first kappa shape index (κ1) is 16.5. The van der Waals surface area contributed by atoms with Crippen LogP contribution in [0.15, 0.2) is 36.6 Å². The maximum atomic E-state index is 11.7. The van der Waals surface area contributed by atoms with Crippen molar-refractivity contribution in [3.05, 3.63) is 36.6 Å². The van der Waals surface area contributed by atoms with Crippen molar-refractivity contribution in [3.8, 4) is 0 Å². The van der Waals surface area contributed by atoms with Gasteiger partial charge in [0.1, 0.15) is 0 Å². The van der Waals surface area contributed by atoms with Gasteiger partial charge in [-0.1, -0.05) is 38.7 Å².